The van der Waals surface area contributed by atoms with Gasteiger partial charge in [-0.15, -0.1) is 11.3 Å². The molecular weight excluding hydrogens is 312 g/mol. The lowest BCUT2D eigenvalue weighted by atomic mass is 10.3. The van der Waals surface area contributed by atoms with Crippen LogP contribution >= 0.6 is 11.3 Å². The molecule has 116 valence electrons. The largest absolute Gasteiger partial charge is 0.378 e. The Balaban J connectivity index is 1.78. The molecule has 6 nitrogen and oxygen atoms in total. The molecule has 0 aliphatic carbocycles. The number of ether oxygens (including phenoxy) is 1. The van der Waals surface area contributed by atoms with Crippen molar-refractivity contribution in [3.05, 3.63) is 17.0 Å². The van der Waals surface area contributed by atoms with Crippen LogP contribution in [-0.2, 0) is 14.8 Å². The first-order valence-electron chi connectivity index (χ1n) is 7.06. The quantitative estimate of drug-likeness (QED) is 0.829. The van der Waals surface area contributed by atoms with Crippen LogP contribution < -0.4 is 0 Å². The van der Waals surface area contributed by atoms with Crippen LogP contribution in [0.2, 0.25) is 0 Å². The van der Waals surface area contributed by atoms with Crippen molar-refractivity contribution >= 4 is 27.3 Å². The van der Waals surface area contributed by atoms with Gasteiger partial charge in [0.1, 0.15) is 4.21 Å². The fourth-order valence-corrected chi connectivity index (χ4v) is 5.50. The van der Waals surface area contributed by atoms with Gasteiger partial charge < -0.3 is 9.64 Å². The Morgan fingerprint density at radius 3 is 2.43 bits per heavy atom. The summed E-state index contributed by atoms with van der Waals surface area (Å²) in [6.07, 6.45) is 1.81. The Labute approximate surface area is 128 Å². The number of amides is 1. The maximum absolute atomic E-state index is 12.4. The van der Waals surface area contributed by atoms with Gasteiger partial charge in [0.05, 0.1) is 18.1 Å². The molecular formula is C13H18N2O4S2. The van der Waals surface area contributed by atoms with Crippen LogP contribution in [0.5, 0.6) is 0 Å². The zero-order chi connectivity index (χ0) is 14.9. The number of nitrogens with zero attached hydrogens (tertiary/aromatic N) is 2. The van der Waals surface area contributed by atoms with Gasteiger partial charge in [0.15, 0.2) is 0 Å². The number of hydrogen-bond acceptors (Lipinski definition) is 5. The van der Waals surface area contributed by atoms with E-state index in [-0.39, 0.29) is 10.1 Å². The SMILES string of the molecule is O=C(c1ccc(S(=O)(=O)N2CCCC2)s1)N1CCOCC1. The summed E-state index contributed by atoms with van der Waals surface area (Å²) in [7, 11) is -3.43. The molecule has 1 amide bonds. The van der Waals surface area contributed by atoms with Gasteiger partial charge >= 0.3 is 0 Å². The third-order valence-corrected chi connectivity index (χ3v) is 7.19. The van der Waals surface area contributed by atoms with Gasteiger partial charge in [-0.2, -0.15) is 4.31 Å². The molecule has 0 atom stereocenters. The first kappa shape index (κ1) is 15.0. The summed E-state index contributed by atoms with van der Waals surface area (Å²) in [6, 6.07) is 3.16. The highest BCUT2D eigenvalue weighted by Crippen LogP contribution is 2.28. The normalized spacial score (nSPS) is 20.9. The highest BCUT2D eigenvalue weighted by atomic mass is 32.2. The summed E-state index contributed by atoms with van der Waals surface area (Å²) in [4.78, 5) is 14.5. The minimum absolute atomic E-state index is 0.105. The standard InChI is InChI=1S/C13H18N2O4S2/c16-13(14-7-9-19-10-8-14)11-3-4-12(20-11)21(17,18)15-5-1-2-6-15/h3-4H,1-2,5-10H2. The Kier molecular flexibility index (Phi) is 4.30. The second-order valence-electron chi connectivity index (χ2n) is 5.13. The van der Waals surface area contributed by atoms with Crippen LogP contribution in [0.25, 0.3) is 0 Å². The fourth-order valence-electron chi connectivity index (χ4n) is 2.55. The van der Waals surface area contributed by atoms with Crippen molar-refractivity contribution in [3.8, 4) is 0 Å². The number of thiophene rings is 1. The molecule has 1 aromatic rings. The van der Waals surface area contributed by atoms with Crippen LogP contribution in [0.15, 0.2) is 16.3 Å². The molecule has 2 aliphatic heterocycles. The number of rotatable bonds is 3. The lowest BCUT2D eigenvalue weighted by Gasteiger charge is -2.26. The van der Waals surface area contributed by atoms with Gasteiger partial charge in [0.2, 0.25) is 0 Å². The molecule has 3 rings (SSSR count). The summed E-state index contributed by atoms with van der Waals surface area (Å²) in [6.45, 7) is 3.35. The molecule has 0 saturated carbocycles. The summed E-state index contributed by atoms with van der Waals surface area (Å²) in [5.41, 5.74) is 0. The van der Waals surface area contributed by atoms with E-state index in [9.17, 15) is 13.2 Å². The molecule has 0 unspecified atom stereocenters. The van der Waals surface area contributed by atoms with Crippen LogP contribution in [0.3, 0.4) is 0 Å². The van der Waals surface area contributed by atoms with E-state index < -0.39 is 10.0 Å². The zero-order valence-electron chi connectivity index (χ0n) is 11.7. The van der Waals surface area contributed by atoms with Crippen molar-refractivity contribution in [2.45, 2.75) is 17.1 Å². The average molecular weight is 330 g/mol. The van der Waals surface area contributed by atoms with Gasteiger partial charge in [0.25, 0.3) is 15.9 Å². The van der Waals surface area contributed by atoms with E-state index in [1.54, 1.807) is 17.0 Å². The van der Waals surface area contributed by atoms with Gasteiger partial charge in [-0.25, -0.2) is 8.42 Å². The van der Waals surface area contributed by atoms with Gasteiger partial charge in [-0.1, -0.05) is 0 Å². The number of carbonyl (C=O) groups excluding carboxylic acids is 1. The number of sulfonamides is 1. The van der Waals surface area contributed by atoms with Crippen molar-refractivity contribution in [1.82, 2.24) is 9.21 Å². The third kappa shape index (κ3) is 2.98. The Morgan fingerprint density at radius 1 is 1.10 bits per heavy atom. The molecule has 2 aliphatic rings. The fraction of sp³-hybridized carbons (Fsp3) is 0.615. The van der Waals surface area contributed by atoms with Gasteiger partial charge in [-0.3, -0.25) is 4.79 Å². The average Bonchev–Trinajstić information content (AvgIpc) is 3.19. The maximum atomic E-state index is 12.4. The minimum Gasteiger partial charge on any atom is -0.378 e. The summed E-state index contributed by atoms with van der Waals surface area (Å²) >= 11 is 1.07. The summed E-state index contributed by atoms with van der Waals surface area (Å²) in [5.74, 6) is -0.105. The predicted molar refractivity (Wildman–Crippen MR) is 79.0 cm³/mol. The molecule has 21 heavy (non-hydrogen) atoms. The van der Waals surface area contributed by atoms with Gasteiger partial charge in [0, 0.05) is 26.2 Å². The Bertz CT molecular complexity index is 614. The Hall–Kier alpha value is -0.960. The smallest absolute Gasteiger partial charge is 0.264 e. The molecule has 0 N–H and O–H groups in total. The molecule has 0 bridgehead atoms. The lowest BCUT2D eigenvalue weighted by Crippen LogP contribution is -2.40. The highest BCUT2D eigenvalue weighted by Gasteiger charge is 2.30. The molecule has 0 aromatic carbocycles. The molecule has 0 spiro atoms. The van der Waals surface area contributed by atoms with E-state index in [2.05, 4.69) is 0 Å². The zero-order valence-corrected chi connectivity index (χ0v) is 13.3. The van der Waals surface area contributed by atoms with Crippen molar-refractivity contribution < 1.29 is 17.9 Å². The van der Waals surface area contributed by atoms with Crippen molar-refractivity contribution in [2.75, 3.05) is 39.4 Å². The molecule has 3 heterocycles. The first-order chi connectivity index (χ1) is 10.1. The van der Waals surface area contributed by atoms with Crippen molar-refractivity contribution in [2.24, 2.45) is 0 Å². The van der Waals surface area contributed by atoms with E-state index in [1.807, 2.05) is 0 Å². The predicted octanol–water partition coefficient (Wildman–Crippen LogP) is 1.01. The summed E-state index contributed by atoms with van der Waals surface area (Å²) in [5, 5.41) is 0. The lowest BCUT2D eigenvalue weighted by molar-refractivity contribution is 0.0306. The Morgan fingerprint density at radius 2 is 1.76 bits per heavy atom. The molecule has 0 radical (unpaired) electrons. The number of hydrogen-bond donors (Lipinski definition) is 0. The van der Waals surface area contributed by atoms with Crippen LogP contribution in [-0.4, -0.2) is 62.9 Å². The van der Waals surface area contributed by atoms with E-state index in [0.29, 0.717) is 44.3 Å². The second kappa shape index (κ2) is 6.04. The third-order valence-electron chi connectivity index (χ3n) is 3.75. The molecule has 8 heteroatoms. The summed E-state index contributed by atoms with van der Waals surface area (Å²) < 4.78 is 31.9. The van der Waals surface area contributed by atoms with E-state index in [4.69, 9.17) is 4.74 Å². The second-order valence-corrected chi connectivity index (χ2v) is 8.38. The molecule has 2 saturated heterocycles. The topological polar surface area (TPSA) is 66.9 Å². The number of morpholine rings is 1. The van der Waals surface area contributed by atoms with Crippen LogP contribution in [0.4, 0.5) is 0 Å². The van der Waals surface area contributed by atoms with Crippen LogP contribution in [0, 0.1) is 0 Å². The van der Waals surface area contributed by atoms with Crippen molar-refractivity contribution in [1.29, 1.82) is 0 Å². The monoisotopic (exact) mass is 330 g/mol. The van der Waals surface area contributed by atoms with E-state index >= 15 is 0 Å². The van der Waals surface area contributed by atoms with Gasteiger partial charge in [-0.05, 0) is 25.0 Å². The maximum Gasteiger partial charge on any atom is 0.264 e. The first-order valence-corrected chi connectivity index (χ1v) is 9.32. The molecule has 2 fully saturated rings. The highest BCUT2D eigenvalue weighted by molar-refractivity contribution is 7.91. The van der Waals surface area contributed by atoms with Crippen LogP contribution in [0.1, 0.15) is 22.5 Å². The van der Waals surface area contributed by atoms with E-state index in [1.165, 1.54) is 4.31 Å². The molecule has 1 aromatic heterocycles. The minimum atomic E-state index is -3.43. The van der Waals surface area contributed by atoms with E-state index in [0.717, 1.165) is 24.2 Å². The van der Waals surface area contributed by atoms with Crippen molar-refractivity contribution in [3.63, 3.8) is 0 Å². The number of carbonyl (C=O) groups is 1.